The van der Waals surface area contributed by atoms with Crippen LogP contribution in [-0.2, 0) is 14.9 Å². The van der Waals surface area contributed by atoms with Crippen LogP contribution in [0.2, 0.25) is 0 Å². The molecule has 0 spiro atoms. The summed E-state index contributed by atoms with van der Waals surface area (Å²) in [5.41, 5.74) is 1.24. The Balaban J connectivity index is 2.48. The summed E-state index contributed by atoms with van der Waals surface area (Å²) >= 11 is 0. The van der Waals surface area contributed by atoms with Gasteiger partial charge in [0.15, 0.2) is 0 Å². The lowest BCUT2D eigenvalue weighted by molar-refractivity contribution is 0.149. The molecule has 0 radical (unpaired) electrons. The van der Waals surface area contributed by atoms with E-state index >= 15 is 0 Å². The van der Waals surface area contributed by atoms with Gasteiger partial charge in [-0.1, -0.05) is 17.7 Å². The van der Waals surface area contributed by atoms with Crippen molar-refractivity contribution in [1.82, 2.24) is 4.90 Å². The molecule has 0 bridgehead atoms. The second-order valence-electron chi connectivity index (χ2n) is 4.50. The summed E-state index contributed by atoms with van der Waals surface area (Å²) in [7, 11) is -4.32. The number of amides is 1. The molecule has 1 aromatic carbocycles. The Bertz CT molecular complexity index is 611. The lowest BCUT2D eigenvalue weighted by atomic mass is 10.0. The summed E-state index contributed by atoms with van der Waals surface area (Å²) in [6.45, 7) is 4.21. The van der Waals surface area contributed by atoms with Gasteiger partial charge in [-0.25, -0.2) is 4.79 Å². The van der Waals surface area contributed by atoms with Gasteiger partial charge in [0.05, 0.1) is 17.5 Å². The van der Waals surface area contributed by atoms with E-state index in [0.29, 0.717) is 12.1 Å². The molecule has 1 fully saturated rings. The lowest BCUT2D eigenvalue weighted by Crippen LogP contribution is -2.28. The fourth-order valence-corrected chi connectivity index (χ4v) is 2.92. The van der Waals surface area contributed by atoms with Crippen molar-refractivity contribution in [3.63, 3.8) is 0 Å². The number of rotatable bonds is 3. The van der Waals surface area contributed by atoms with Crippen LogP contribution in [0, 0.1) is 6.92 Å². The third-order valence-corrected chi connectivity index (χ3v) is 4.08. The minimum atomic E-state index is -4.32. The van der Waals surface area contributed by atoms with Crippen molar-refractivity contribution in [2.24, 2.45) is 0 Å². The molecule has 1 atom stereocenters. The predicted octanol–water partition coefficient (Wildman–Crippen LogP) is 1.75. The molecular formula is C12H15NO5S. The van der Waals surface area contributed by atoms with Crippen molar-refractivity contribution in [1.29, 1.82) is 0 Å². The Morgan fingerprint density at radius 2 is 2.11 bits per heavy atom. The van der Waals surface area contributed by atoms with E-state index in [1.165, 1.54) is 11.0 Å². The third-order valence-electron chi connectivity index (χ3n) is 3.15. The van der Waals surface area contributed by atoms with Crippen LogP contribution < -0.4 is 0 Å². The van der Waals surface area contributed by atoms with Crippen molar-refractivity contribution in [3.8, 4) is 0 Å². The highest BCUT2D eigenvalue weighted by molar-refractivity contribution is 7.85. The molecule has 1 aromatic rings. The van der Waals surface area contributed by atoms with Crippen molar-refractivity contribution < 1.29 is 22.5 Å². The smallest absolute Gasteiger partial charge is 0.410 e. The Morgan fingerprint density at radius 1 is 1.42 bits per heavy atom. The second-order valence-corrected chi connectivity index (χ2v) is 5.89. The van der Waals surface area contributed by atoms with Gasteiger partial charge in [0.1, 0.15) is 6.61 Å². The van der Waals surface area contributed by atoms with E-state index < -0.39 is 22.3 Å². The molecule has 0 aromatic heterocycles. The Hall–Kier alpha value is -1.60. The zero-order valence-corrected chi connectivity index (χ0v) is 11.5. The largest absolute Gasteiger partial charge is 0.448 e. The van der Waals surface area contributed by atoms with Crippen LogP contribution in [-0.4, -0.2) is 37.1 Å². The predicted molar refractivity (Wildman–Crippen MR) is 67.5 cm³/mol. The van der Waals surface area contributed by atoms with E-state index in [2.05, 4.69) is 0 Å². The highest BCUT2D eigenvalue weighted by Gasteiger charge is 2.31. The summed E-state index contributed by atoms with van der Waals surface area (Å²) < 4.78 is 36.9. The maximum Gasteiger partial charge on any atom is 0.410 e. The van der Waals surface area contributed by atoms with Gasteiger partial charge in [0, 0.05) is 0 Å². The first-order valence-corrected chi connectivity index (χ1v) is 7.26. The van der Waals surface area contributed by atoms with Gasteiger partial charge in [-0.2, -0.15) is 8.42 Å². The van der Waals surface area contributed by atoms with Gasteiger partial charge >= 0.3 is 6.09 Å². The molecule has 1 aliphatic heterocycles. The Labute approximate surface area is 111 Å². The molecule has 6 nitrogen and oxygen atoms in total. The quantitative estimate of drug-likeness (QED) is 0.855. The number of aryl methyl sites for hydroxylation is 1. The maximum absolute atomic E-state index is 11.5. The van der Waals surface area contributed by atoms with Gasteiger partial charge in [0.25, 0.3) is 10.1 Å². The number of ether oxygens (including phenoxy) is 1. The molecule has 1 heterocycles. The van der Waals surface area contributed by atoms with Crippen LogP contribution in [0.5, 0.6) is 0 Å². The first-order valence-electron chi connectivity index (χ1n) is 5.82. The molecule has 1 unspecified atom stereocenters. The van der Waals surface area contributed by atoms with Crippen molar-refractivity contribution >= 4 is 16.2 Å². The number of benzene rings is 1. The first kappa shape index (κ1) is 13.8. The molecule has 1 aliphatic rings. The van der Waals surface area contributed by atoms with E-state index in [1.807, 2.05) is 6.92 Å². The van der Waals surface area contributed by atoms with E-state index in [1.54, 1.807) is 19.1 Å². The summed E-state index contributed by atoms with van der Waals surface area (Å²) in [5, 5.41) is 0. The molecule has 1 amide bonds. The van der Waals surface area contributed by atoms with Crippen LogP contribution >= 0.6 is 0 Å². The normalized spacial score (nSPS) is 17.4. The number of cyclic esters (lactones) is 1. The topological polar surface area (TPSA) is 83.9 Å². The van der Waals surface area contributed by atoms with E-state index in [4.69, 9.17) is 4.74 Å². The second kappa shape index (κ2) is 4.82. The van der Waals surface area contributed by atoms with Crippen LogP contribution in [0.15, 0.2) is 23.1 Å². The summed E-state index contributed by atoms with van der Waals surface area (Å²) in [5.74, 6) is 0. The molecule has 0 saturated carbocycles. The van der Waals surface area contributed by atoms with Crippen molar-refractivity contribution in [2.75, 3.05) is 13.2 Å². The number of carbonyl (C=O) groups is 1. The van der Waals surface area contributed by atoms with Crippen molar-refractivity contribution in [3.05, 3.63) is 29.3 Å². The zero-order chi connectivity index (χ0) is 14.2. The molecule has 19 heavy (non-hydrogen) atoms. The third kappa shape index (κ3) is 2.71. The lowest BCUT2D eigenvalue weighted by Gasteiger charge is -2.23. The van der Waals surface area contributed by atoms with Crippen LogP contribution in [0.3, 0.4) is 0 Å². The molecule has 2 rings (SSSR count). The number of hydrogen-bond acceptors (Lipinski definition) is 4. The molecule has 1 saturated heterocycles. The fourth-order valence-electron chi connectivity index (χ4n) is 2.15. The average molecular weight is 285 g/mol. The monoisotopic (exact) mass is 285 g/mol. The summed E-state index contributed by atoms with van der Waals surface area (Å²) in [4.78, 5) is 12.8. The van der Waals surface area contributed by atoms with Gasteiger partial charge in [-0.3, -0.25) is 9.45 Å². The number of hydrogen-bond donors (Lipinski definition) is 1. The Morgan fingerprint density at radius 3 is 2.63 bits per heavy atom. The highest BCUT2D eigenvalue weighted by Crippen LogP contribution is 2.29. The standard InChI is InChI=1S/C12H15NO5S/c1-8-3-4-11(19(15,16)17)10(7-8)9(2)13-5-6-18-12(13)14/h3-4,7,9H,5-6H2,1-2H3,(H,15,16,17). The van der Waals surface area contributed by atoms with Crippen LogP contribution in [0.25, 0.3) is 0 Å². The molecule has 1 N–H and O–H groups in total. The van der Waals surface area contributed by atoms with E-state index in [9.17, 15) is 17.8 Å². The van der Waals surface area contributed by atoms with Crippen LogP contribution in [0.4, 0.5) is 4.79 Å². The van der Waals surface area contributed by atoms with Gasteiger partial charge in [-0.15, -0.1) is 0 Å². The van der Waals surface area contributed by atoms with Gasteiger partial charge in [0.2, 0.25) is 0 Å². The summed E-state index contributed by atoms with van der Waals surface area (Å²) in [6, 6.07) is 4.12. The molecule has 7 heteroatoms. The van der Waals surface area contributed by atoms with E-state index in [-0.39, 0.29) is 11.5 Å². The first-order chi connectivity index (χ1) is 8.80. The molecule has 104 valence electrons. The minimum Gasteiger partial charge on any atom is -0.448 e. The number of nitrogens with zero attached hydrogens (tertiary/aromatic N) is 1. The average Bonchev–Trinajstić information content (AvgIpc) is 2.72. The molecular weight excluding hydrogens is 270 g/mol. The zero-order valence-electron chi connectivity index (χ0n) is 10.7. The van der Waals surface area contributed by atoms with Crippen molar-refractivity contribution in [2.45, 2.75) is 24.8 Å². The fraction of sp³-hybridized carbons (Fsp3) is 0.417. The van der Waals surface area contributed by atoms with E-state index in [0.717, 1.165) is 5.56 Å². The van der Waals surface area contributed by atoms with Crippen LogP contribution in [0.1, 0.15) is 24.1 Å². The van der Waals surface area contributed by atoms with Gasteiger partial charge in [-0.05, 0) is 25.5 Å². The minimum absolute atomic E-state index is 0.176. The highest BCUT2D eigenvalue weighted by atomic mass is 32.2. The Kier molecular flexibility index (Phi) is 3.51. The number of carbonyl (C=O) groups excluding carboxylic acids is 1. The maximum atomic E-state index is 11.5. The summed E-state index contributed by atoms with van der Waals surface area (Å²) in [6.07, 6.45) is -0.477. The molecule has 0 aliphatic carbocycles. The van der Waals surface area contributed by atoms with Gasteiger partial charge < -0.3 is 4.74 Å². The SMILES string of the molecule is Cc1ccc(S(=O)(=O)O)c(C(C)N2CCOC2=O)c1.